The van der Waals surface area contributed by atoms with Gasteiger partial charge in [0.25, 0.3) is 0 Å². The Kier molecular flexibility index (Phi) is 4.19. The average Bonchev–Trinajstić information content (AvgIpc) is 2.50. The van der Waals surface area contributed by atoms with Crippen LogP contribution in [0.5, 0.6) is 0 Å². The maximum atomic E-state index is 5.38. The van der Waals surface area contributed by atoms with Gasteiger partial charge in [0.05, 0.1) is 13.2 Å². The van der Waals surface area contributed by atoms with Crippen LogP contribution in [0, 0.1) is 0 Å². The van der Waals surface area contributed by atoms with E-state index in [0.717, 1.165) is 26.2 Å². The summed E-state index contributed by atoms with van der Waals surface area (Å²) in [6.45, 7) is 2.70. The minimum Gasteiger partial charge on any atom is -0.376 e. The molecule has 0 atom stereocenters. The average molecular weight is 220 g/mol. The molecule has 0 radical (unpaired) electrons. The van der Waals surface area contributed by atoms with Crippen molar-refractivity contribution in [3.63, 3.8) is 0 Å². The van der Waals surface area contributed by atoms with Gasteiger partial charge < -0.3 is 10.1 Å². The zero-order valence-corrected chi connectivity index (χ0v) is 9.26. The lowest BCUT2D eigenvalue weighted by Crippen LogP contribution is -2.12. The van der Waals surface area contributed by atoms with Gasteiger partial charge in [-0.15, -0.1) is 23.7 Å². The smallest absolute Gasteiger partial charge is 0.0812 e. The second kappa shape index (κ2) is 4.96. The number of fused-ring (bicyclic) bond motifs is 1. The SMILES string of the molecule is CNCc1csc2c1CCOC2.Cl. The lowest BCUT2D eigenvalue weighted by Gasteiger charge is -2.13. The molecule has 0 saturated carbocycles. The maximum Gasteiger partial charge on any atom is 0.0812 e. The Hall–Kier alpha value is -0.0900. The van der Waals surface area contributed by atoms with Crippen molar-refractivity contribution in [2.45, 2.75) is 19.6 Å². The van der Waals surface area contributed by atoms with Crippen molar-refractivity contribution < 1.29 is 4.74 Å². The normalized spacial score (nSPS) is 14.8. The van der Waals surface area contributed by atoms with Crippen LogP contribution in [0.3, 0.4) is 0 Å². The quantitative estimate of drug-likeness (QED) is 0.821. The largest absolute Gasteiger partial charge is 0.376 e. The second-order valence-corrected chi connectivity index (χ2v) is 3.96. The van der Waals surface area contributed by atoms with E-state index in [1.54, 1.807) is 0 Å². The minimum absolute atomic E-state index is 0. The van der Waals surface area contributed by atoms with E-state index >= 15 is 0 Å². The van der Waals surface area contributed by atoms with Crippen LogP contribution in [0.25, 0.3) is 0 Å². The van der Waals surface area contributed by atoms with Gasteiger partial charge in [0.1, 0.15) is 0 Å². The molecule has 4 heteroatoms. The number of halogens is 1. The van der Waals surface area contributed by atoms with E-state index in [0.29, 0.717) is 0 Å². The summed E-state index contributed by atoms with van der Waals surface area (Å²) in [5.41, 5.74) is 2.99. The van der Waals surface area contributed by atoms with Gasteiger partial charge in [-0.1, -0.05) is 0 Å². The Morgan fingerprint density at radius 2 is 2.46 bits per heavy atom. The molecular weight excluding hydrogens is 206 g/mol. The highest BCUT2D eigenvalue weighted by atomic mass is 35.5. The van der Waals surface area contributed by atoms with E-state index in [1.807, 2.05) is 18.4 Å². The standard InChI is InChI=1S/C9H13NOS.ClH/c1-10-4-7-6-12-9-5-11-3-2-8(7)9;/h6,10H,2-5H2,1H3;1H. The molecule has 0 unspecified atom stereocenters. The van der Waals surface area contributed by atoms with E-state index in [9.17, 15) is 0 Å². The van der Waals surface area contributed by atoms with Gasteiger partial charge in [-0.2, -0.15) is 0 Å². The van der Waals surface area contributed by atoms with E-state index in [-0.39, 0.29) is 12.4 Å². The van der Waals surface area contributed by atoms with Crippen LogP contribution in [-0.4, -0.2) is 13.7 Å². The topological polar surface area (TPSA) is 21.3 Å². The zero-order chi connectivity index (χ0) is 8.39. The molecule has 2 rings (SSSR count). The third kappa shape index (κ3) is 2.23. The minimum atomic E-state index is 0. The fraction of sp³-hybridized carbons (Fsp3) is 0.556. The van der Waals surface area contributed by atoms with E-state index < -0.39 is 0 Å². The van der Waals surface area contributed by atoms with Crippen LogP contribution in [0.2, 0.25) is 0 Å². The molecule has 0 saturated heterocycles. The Bertz CT molecular complexity index is 275. The Balaban J connectivity index is 0.000000845. The highest BCUT2D eigenvalue weighted by Gasteiger charge is 2.14. The van der Waals surface area contributed by atoms with E-state index in [2.05, 4.69) is 10.7 Å². The van der Waals surface area contributed by atoms with Crippen LogP contribution in [0.4, 0.5) is 0 Å². The number of hydrogen-bond acceptors (Lipinski definition) is 3. The summed E-state index contributed by atoms with van der Waals surface area (Å²) < 4.78 is 5.38. The summed E-state index contributed by atoms with van der Waals surface area (Å²) in [4.78, 5) is 1.42. The lowest BCUT2D eigenvalue weighted by molar-refractivity contribution is 0.113. The molecule has 2 heterocycles. The van der Waals surface area contributed by atoms with Crippen LogP contribution in [0.1, 0.15) is 16.0 Å². The summed E-state index contributed by atoms with van der Waals surface area (Å²) in [6, 6.07) is 0. The number of ether oxygens (including phenoxy) is 1. The molecule has 0 amide bonds. The first kappa shape index (κ1) is 11.0. The predicted octanol–water partition coefficient (Wildman–Crippen LogP) is 1.96. The van der Waals surface area contributed by atoms with Gasteiger partial charge in [-0.3, -0.25) is 0 Å². The van der Waals surface area contributed by atoms with Crippen molar-refractivity contribution in [1.82, 2.24) is 5.32 Å². The fourth-order valence-electron chi connectivity index (χ4n) is 1.56. The molecule has 0 spiro atoms. The molecule has 0 fully saturated rings. The van der Waals surface area contributed by atoms with Gasteiger partial charge in [0, 0.05) is 11.4 Å². The maximum absolute atomic E-state index is 5.38. The Labute approximate surface area is 88.7 Å². The monoisotopic (exact) mass is 219 g/mol. The molecule has 0 aromatic carbocycles. The molecule has 2 nitrogen and oxygen atoms in total. The number of nitrogens with one attached hydrogen (secondary N) is 1. The first-order valence-corrected chi connectivity index (χ1v) is 5.10. The summed E-state index contributed by atoms with van der Waals surface area (Å²) in [7, 11) is 1.99. The van der Waals surface area contributed by atoms with E-state index in [4.69, 9.17) is 4.74 Å². The lowest BCUT2D eigenvalue weighted by atomic mass is 10.1. The molecule has 1 aliphatic heterocycles. The van der Waals surface area contributed by atoms with Crippen molar-refractivity contribution in [2.24, 2.45) is 0 Å². The molecule has 1 aromatic heterocycles. The van der Waals surface area contributed by atoms with Crippen molar-refractivity contribution in [3.05, 3.63) is 21.4 Å². The van der Waals surface area contributed by atoms with Crippen molar-refractivity contribution >= 4 is 23.7 Å². The highest BCUT2D eigenvalue weighted by molar-refractivity contribution is 7.10. The Morgan fingerprint density at radius 1 is 1.62 bits per heavy atom. The summed E-state index contributed by atoms with van der Waals surface area (Å²) in [5.74, 6) is 0. The number of rotatable bonds is 2. The first-order valence-electron chi connectivity index (χ1n) is 4.22. The third-order valence-corrected chi connectivity index (χ3v) is 3.22. The second-order valence-electron chi connectivity index (χ2n) is 3.00. The molecule has 13 heavy (non-hydrogen) atoms. The van der Waals surface area contributed by atoms with Crippen molar-refractivity contribution in [1.29, 1.82) is 0 Å². The summed E-state index contributed by atoms with van der Waals surface area (Å²) in [5, 5.41) is 5.43. The summed E-state index contributed by atoms with van der Waals surface area (Å²) >= 11 is 1.83. The van der Waals surface area contributed by atoms with Crippen LogP contribution < -0.4 is 5.32 Å². The fourth-order valence-corrected chi connectivity index (χ4v) is 2.60. The van der Waals surface area contributed by atoms with Gasteiger partial charge in [-0.25, -0.2) is 0 Å². The van der Waals surface area contributed by atoms with Crippen LogP contribution in [0.15, 0.2) is 5.38 Å². The molecule has 0 aliphatic carbocycles. The van der Waals surface area contributed by atoms with Gasteiger partial charge in [0.15, 0.2) is 0 Å². The van der Waals surface area contributed by atoms with Crippen molar-refractivity contribution in [3.8, 4) is 0 Å². The van der Waals surface area contributed by atoms with Crippen LogP contribution in [-0.2, 0) is 24.3 Å². The number of thiophene rings is 1. The molecule has 1 aliphatic rings. The van der Waals surface area contributed by atoms with Crippen molar-refractivity contribution in [2.75, 3.05) is 13.7 Å². The molecular formula is C9H14ClNOS. The van der Waals surface area contributed by atoms with Crippen LogP contribution >= 0.6 is 23.7 Å². The Morgan fingerprint density at radius 3 is 3.23 bits per heavy atom. The molecule has 1 aromatic rings. The number of hydrogen-bond donors (Lipinski definition) is 1. The molecule has 74 valence electrons. The molecule has 1 N–H and O–H groups in total. The van der Waals surface area contributed by atoms with E-state index in [1.165, 1.54) is 16.0 Å². The first-order chi connectivity index (χ1) is 5.92. The van der Waals surface area contributed by atoms with Gasteiger partial charge in [0.2, 0.25) is 0 Å². The zero-order valence-electron chi connectivity index (χ0n) is 7.63. The van der Waals surface area contributed by atoms with Gasteiger partial charge >= 0.3 is 0 Å². The highest BCUT2D eigenvalue weighted by Crippen LogP contribution is 2.26. The van der Waals surface area contributed by atoms with Gasteiger partial charge in [-0.05, 0) is 30.0 Å². The summed E-state index contributed by atoms with van der Waals surface area (Å²) in [6.07, 6.45) is 1.09. The molecule has 0 bridgehead atoms. The predicted molar refractivity (Wildman–Crippen MR) is 57.7 cm³/mol. The third-order valence-electron chi connectivity index (χ3n) is 2.16.